The Labute approximate surface area is 160 Å². The van der Waals surface area contributed by atoms with Gasteiger partial charge in [-0.25, -0.2) is 0 Å². The van der Waals surface area contributed by atoms with Gasteiger partial charge in [-0.2, -0.15) is 0 Å². The van der Waals surface area contributed by atoms with Crippen molar-refractivity contribution >= 4 is 46.3 Å². The van der Waals surface area contributed by atoms with Crippen LogP contribution in [0, 0.1) is 0 Å². The van der Waals surface area contributed by atoms with Crippen LogP contribution >= 0.6 is 23.2 Å². The Bertz CT molecular complexity index is 933. The third kappa shape index (κ3) is 4.22. The Balaban J connectivity index is 1.73. The van der Waals surface area contributed by atoms with Gasteiger partial charge in [0.15, 0.2) is 11.5 Å². The molecule has 3 aromatic rings. The van der Waals surface area contributed by atoms with Gasteiger partial charge in [0, 0.05) is 5.02 Å². The van der Waals surface area contributed by atoms with Gasteiger partial charge in [-0.1, -0.05) is 35.3 Å². The molecule has 0 aliphatic heterocycles. The quantitative estimate of drug-likeness (QED) is 0.656. The highest BCUT2D eigenvalue weighted by molar-refractivity contribution is 6.33. The summed E-state index contributed by atoms with van der Waals surface area (Å²) >= 11 is 12.0. The maximum atomic E-state index is 12.4. The average Bonchev–Trinajstić information content (AvgIpc) is 2.64. The number of anilines is 3. The van der Waals surface area contributed by atoms with Crippen molar-refractivity contribution in [2.24, 2.45) is 0 Å². The van der Waals surface area contributed by atoms with E-state index < -0.39 is 5.91 Å². The number of benzene rings is 2. The molecule has 0 atom stereocenters. The summed E-state index contributed by atoms with van der Waals surface area (Å²) in [7, 11) is 1.51. The molecule has 0 saturated heterocycles. The highest BCUT2D eigenvalue weighted by atomic mass is 35.5. The lowest BCUT2D eigenvalue weighted by Crippen LogP contribution is -2.15. The first-order valence-corrected chi connectivity index (χ1v) is 8.32. The number of carbonyl (C=O) groups is 1. The highest BCUT2D eigenvalue weighted by Gasteiger charge is 2.12. The normalized spacial score (nSPS) is 10.3. The molecule has 0 aliphatic rings. The molecule has 6 nitrogen and oxygen atoms in total. The van der Waals surface area contributed by atoms with Gasteiger partial charge in [-0.15, -0.1) is 10.2 Å². The number of hydrogen-bond donors (Lipinski definition) is 2. The molecular formula is C18H14Cl2N4O2. The standard InChI is InChI=1S/C18H14Cl2N4O2/c1-26-16-8-6-11(19)10-15(16)22-18(25)14-7-9-17(24-23-14)21-13-5-3-2-4-12(13)20/h2-10H,1H3,(H,21,24)(H,22,25). The fraction of sp³-hybridized carbons (Fsp3) is 0.0556. The van der Waals surface area contributed by atoms with Crippen LogP contribution in [0.25, 0.3) is 0 Å². The average molecular weight is 389 g/mol. The zero-order valence-electron chi connectivity index (χ0n) is 13.7. The summed E-state index contributed by atoms with van der Waals surface area (Å²) in [5.74, 6) is 0.532. The maximum absolute atomic E-state index is 12.4. The zero-order valence-corrected chi connectivity index (χ0v) is 15.2. The van der Waals surface area contributed by atoms with Crippen LogP contribution in [0.1, 0.15) is 10.5 Å². The van der Waals surface area contributed by atoms with Gasteiger partial charge in [-0.05, 0) is 42.5 Å². The van der Waals surface area contributed by atoms with E-state index in [1.807, 2.05) is 18.2 Å². The van der Waals surface area contributed by atoms with Crippen LogP contribution in [-0.2, 0) is 0 Å². The Kier molecular flexibility index (Phi) is 5.55. The van der Waals surface area contributed by atoms with E-state index in [-0.39, 0.29) is 5.69 Å². The molecule has 0 fully saturated rings. The van der Waals surface area contributed by atoms with E-state index in [1.54, 1.807) is 36.4 Å². The van der Waals surface area contributed by atoms with Crippen LogP contribution in [0.2, 0.25) is 10.0 Å². The fourth-order valence-electron chi connectivity index (χ4n) is 2.18. The van der Waals surface area contributed by atoms with Crippen molar-refractivity contribution in [2.75, 3.05) is 17.7 Å². The summed E-state index contributed by atoms with van der Waals surface area (Å²) in [4.78, 5) is 12.4. The number of nitrogens with zero attached hydrogens (tertiary/aromatic N) is 2. The fourth-order valence-corrected chi connectivity index (χ4v) is 2.54. The number of methoxy groups -OCH3 is 1. The summed E-state index contributed by atoms with van der Waals surface area (Å²) in [5, 5.41) is 14.7. The van der Waals surface area contributed by atoms with E-state index in [2.05, 4.69) is 20.8 Å². The SMILES string of the molecule is COc1ccc(Cl)cc1NC(=O)c1ccc(Nc2ccccc2Cl)nn1. The Morgan fingerprint density at radius 3 is 2.50 bits per heavy atom. The third-order valence-electron chi connectivity index (χ3n) is 3.44. The topological polar surface area (TPSA) is 76.1 Å². The summed E-state index contributed by atoms with van der Waals surface area (Å²) < 4.78 is 5.20. The number of nitrogens with one attached hydrogen (secondary N) is 2. The molecule has 8 heteroatoms. The number of hydrogen-bond acceptors (Lipinski definition) is 5. The lowest BCUT2D eigenvalue weighted by atomic mass is 10.2. The molecule has 0 unspecified atom stereocenters. The number of para-hydroxylation sites is 1. The van der Waals surface area contributed by atoms with Crippen molar-refractivity contribution in [3.05, 3.63) is 70.3 Å². The Hall–Kier alpha value is -2.83. The summed E-state index contributed by atoms with van der Waals surface area (Å²) in [5.41, 5.74) is 1.30. The molecular weight excluding hydrogens is 375 g/mol. The molecule has 0 aliphatic carbocycles. The molecule has 0 radical (unpaired) electrons. The first-order valence-electron chi connectivity index (χ1n) is 7.57. The first-order chi connectivity index (χ1) is 12.6. The number of carbonyl (C=O) groups excluding carboxylic acids is 1. The van der Waals surface area contributed by atoms with Crippen molar-refractivity contribution in [1.29, 1.82) is 0 Å². The van der Waals surface area contributed by atoms with Gasteiger partial charge in [0.1, 0.15) is 5.75 Å². The van der Waals surface area contributed by atoms with E-state index >= 15 is 0 Å². The first kappa shape index (κ1) is 18.0. The minimum absolute atomic E-state index is 0.150. The van der Waals surface area contributed by atoms with Crippen molar-refractivity contribution < 1.29 is 9.53 Å². The van der Waals surface area contributed by atoms with E-state index in [0.717, 1.165) is 0 Å². The van der Waals surface area contributed by atoms with Crippen molar-refractivity contribution in [2.45, 2.75) is 0 Å². The van der Waals surface area contributed by atoms with Gasteiger partial charge >= 0.3 is 0 Å². The van der Waals surface area contributed by atoms with E-state index in [9.17, 15) is 4.79 Å². The number of halogens is 2. The maximum Gasteiger partial charge on any atom is 0.276 e. The van der Waals surface area contributed by atoms with Crippen LogP contribution in [0.3, 0.4) is 0 Å². The zero-order chi connectivity index (χ0) is 18.5. The van der Waals surface area contributed by atoms with Crippen LogP contribution < -0.4 is 15.4 Å². The lowest BCUT2D eigenvalue weighted by Gasteiger charge is -2.10. The predicted octanol–water partition coefficient (Wildman–Crippen LogP) is 4.79. The van der Waals surface area contributed by atoms with Crippen molar-refractivity contribution in [3.8, 4) is 5.75 Å². The Morgan fingerprint density at radius 2 is 1.81 bits per heavy atom. The summed E-state index contributed by atoms with van der Waals surface area (Å²) in [6.45, 7) is 0. The van der Waals surface area contributed by atoms with Crippen LogP contribution in [0.15, 0.2) is 54.6 Å². The van der Waals surface area contributed by atoms with Crippen molar-refractivity contribution in [3.63, 3.8) is 0 Å². The predicted molar refractivity (Wildman–Crippen MR) is 103 cm³/mol. The lowest BCUT2D eigenvalue weighted by molar-refractivity contribution is 0.102. The van der Waals surface area contributed by atoms with Gasteiger partial charge in [-0.3, -0.25) is 4.79 Å². The van der Waals surface area contributed by atoms with E-state index in [0.29, 0.717) is 33.0 Å². The van der Waals surface area contributed by atoms with Crippen LogP contribution in [0.5, 0.6) is 5.75 Å². The number of rotatable bonds is 5. The van der Waals surface area contributed by atoms with Gasteiger partial charge in [0.05, 0.1) is 23.5 Å². The molecule has 132 valence electrons. The largest absolute Gasteiger partial charge is 0.495 e. The second kappa shape index (κ2) is 8.03. The molecule has 26 heavy (non-hydrogen) atoms. The summed E-state index contributed by atoms with van der Waals surface area (Å²) in [6.07, 6.45) is 0. The number of amides is 1. The molecule has 0 saturated carbocycles. The number of aromatic nitrogens is 2. The second-order valence-electron chi connectivity index (χ2n) is 5.21. The molecule has 1 aromatic heterocycles. The minimum atomic E-state index is -0.428. The molecule has 1 amide bonds. The third-order valence-corrected chi connectivity index (χ3v) is 4.01. The molecule has 3 rings (SSSR count). The van der Waals surface area contributed by atoms with Crippen LogP contribution in [-0.4, -0.2) is 23.2 Å². The van der Waals surface area contributed by atoms with E-state index in [4.69, 9.17) is 27.9 Å². The van der Waals surface area contributed by atoms with Gasteiger partial charge in [0.25, 0.3) is 5.91 Å². The van der Waals surface area contributed by atoms with Crippen molar-refractivity contribution in [1.82, 2.24) is 10.2 Å². The smallest absolute Gasteiger partial charge is 0.276 e. The summed E-state index contributed by atoms with van der Waals surface area (Å²) in [6, 6.07) is 15.4. The number of ether oxygens (including phenoxy) is 1. The molecule has 0 bridgehead atoms. The van der Waals surface area contributed by atoms with Crippen LogP contribution in [0.4, 0.5) is 17.2 Å². The molecule has 2 N–H and O–H groups in total. The van der Waals surface area contributed by atoms with Gasteiger partial charge in [0.2, 0.25) is 0 Å². The monoisotopic (exact) mass is 388 g/mol. The minimum Gasteiger partial charge on any atom is -0.495 e. The Morgan fingerprint density at radius 1 is 1.00 bits per heavy atom. The molecule has 0 spiro atoms. The van der Waals surface area contributed by atoms with E-state index in [1.165, 1.54) is 7.11 Å². The second-order valence-corrected chi connectivity index (χ2v) is 6.05. The molecule has 2 aromatic carbocycles. The van der Waals surface area contributed by atoms with Gasteiger partial charge < -0.3 is 15.4 Å². The highest BCUT2D eigenvalue weighted by Crippen LogP contribution is 2.28. The molecule has 1 heterocycles.